The van der Waals surface area contributed by atoms with Crippen LogP contribution in [0.4, 0.5) is 0 Å². The Kier molecular flexibility index (Phi) is 3.66. The number of carbonyl (C=O) groups is 1. The number of ether oxygens (including phenoxy) is 1. The SMILES string of the molecule is CCOC(=O)c1c[nH]cc(C(C)C)c1=O. The van der Waals surface area contributed by atoms with Crippen molar-refractivity contribution in [2.75, 3.05) is 6.61 Å². The molecular formula is C11H15NO3. The van der Waals surface area contributed by atoms with Gasteiger partial charge in [-0.15, -0.1) is 0 Å². The zero-order valence-corrected chi connectivity index (χ0v) is 9.16. The van der Waals surface area contributed by atoms with Gasteiger partial charge in [-0.25, -0.2) is 4.79 Å². The van der Waals surface area contributed by atoms with Gasteiger partial charge in [0.05, 0.1) is 6.61 Å². The van der Waals surface area contributed by atoms with E-state index < -0.39 is 5.97 Å². The number of carbonyl (C=O) groups excluding carboxylic acids is 1. The molecule has 0 fully saturated rings. The second-order valence-corrected chi connectivity index (χ2v) is 3.53. The molecule has 0 radical (unpaired) electrons. The molecule has 1 aromatic heterocycles. The van der Waals surface area contributed by atoms with Crippen molar-refractivity contribution < 1.29 is 9.53 Å². The van der Waals surface area contributed by atoms with Crippen molar-refractivity contribution in [2.45, 2.75) is 26.7 Å². The number of hydrogen-bond donors (Lipinski definition) is 1. The Bertz CT molecular complexity index is 407. The molecule has 0 atom stereocenters. The van der Waals surface area contributed by atoms with E-state index in [1.165, 1.54) is 6.20 Å². The topological polar surface area (TPSA) is 59.2 Å². The van der Waals surface area contributed by atoms with Gasteiger partial charge in [0.25, 0.3) is 0 Å². The summed E-state index contributed by atoms with van der Waals surface area (Å²) in [5.41, 5.74) is 0.422. The Hall–Kier alpha value is -1.58. The fourth-order valence-corrected chi connectivity index (χ4v) is 1.29. The molecule has 4 heteroatoms. The van der Waals surface area contributed by atoms with Crippen molar-refractivity contribution in [3.8, 4) is 0 Å². The maximum atomic E-state index is 11.8. The van der Waals surface area contributed by atoms with Crippen molar-refractivity contribution >= 4 is 5.97 Å². The Morgan fingerprint density at radius 3 is 2.67 bits per heavy atom. The first kappa shape index (κ1) is 11.5. The lowest BCUT2D eigenvalue weighted by atomic mass is 10.0. The minimum Gasteiger partial charge on any atom is -0.462 e. The molecule has 1 aromatic rings. The van der Waals surface area contributed by atoms with E-state index in [-0.39, 0.29) is 23.5 Å². The van der Waals surface area contributed by atoms with Crippen molar-refractivity contribution in [3.63, 3.8) is 0 Å². The third-order valence-corrected chi connectivity index (χ3v) is 2.09. The molecule has 0 saturated carbocycles. The number of H-pyrrole nitrogens is 1. The minimum atomic E-state index is -0.568. The third-order valence-electron chi connectivity index (χ3n) is 2.09. The maximum Gasteiger partial charge on any atom is 0.343 e. The highest BCUT2D eigenvalue weighted by Crippen LogP contribution is 2.08. The van der Waals surface area contributed by atoms with Crippen LogP contribution in [0, 0.1) is 0 Å². The smallest absolute Gasteiger partial charge is 0.343 e. The fraction of sp³-hybridized carbons (Fsp3) is 0.455. The van der Waals surface area contributed by atoms with E-state index in [1.54, 1.807) is 13.1 Å². The van der Waals surface area contributed by atoms with Crippen LogP contribution in [0.5, 0.6) is 0 Å². The van der Waals surface area contributed by atoms with Crippen molar-refractivity contribution in [3.05, 3.63) is 33.7 Å². The van der Waals surface area contributed by atoms with Crippen LogP contribution in [0.3, 0.4) is 0 Å². The quantitative estimate of drug-likeness (QED) is 0.770. The Balaban J connectivity index is 3.16. The molecule has 0 aliphatic heterocycles. The van der Waals surface area contributed by atoms with E-state index in [0.717, 1.165) is 0 Å². The molecule has 15 heavy (non-hydrogen) atoms. The highest BCUT2D eigenvalue weighted by molar-refractivity contribution is 5.89. The zero-order chi connectivity index (χ0) is 11.4. The average Bonchev–Trinajstić information content (AvgIpc) is 2.17. The van der Waals surface area contributed by atoms with Crippen LogP contribution in [0.15, 0.2) is 17.2 Å². The van der Waals surface area contributed by atoms with E-state index in [1.807, 2.05) is 13.8 Å². The molecule has 0 amide bonds. The molecule has 0 unspecified atom stereocenters. The van der Waals surface area contributed by atoms with Gasteiger partial charge in [-0.3, -0.25) is 4.79 Å². The average molecular weight is 209 g/mol. The number of aromatic nitrogens is 1. The third kappa shape index (κ3) is 2.46. The molecular weight excluding hydrogens is 194 g/mol. The van der Waals surface area contributed by atoms with Crippen LogP contribution in [-0.4, -0.2) is 17.6 Å². The van der Waals surface area contributed by atoms with Gasteiger partial charge in [0.2, 0.25) is 0 Å². The summed E-state index contributed by atoms with van der Waals surface area (Å²) >= 11 is 0. The number of rotatable bonds is 3. The van der Waals surface area contributed by atoms with Crippen LogP contribution in [0.25, 0.3) is 0 Å². The summed E-state index contributed by atoms with van der Waals surface area (Å²) < 4.78 is 4.78. The molecule has 0 saturated heterocycles. The number of hydrogen-bond acceptors (Lipinski definition) is 3. The fourth-order valence-electron chi connectivity index (χ4n) is 1.29. The molecule has 1 N–H and O–H groups in total. The van der Waals surface area contributed by atoms with E-state index >= 15 is 0 Å². The van der Waals surface area contributed by atoms with Gasteiger partial charge in [0.15, 0.2) is 5.43 Å². The second-order valence-electron chi connectivity index (χ2n) is 3.53. The number of aromatic amines is 1. The summed E-state index contributed by atoms with van der Waals surface area (Å²) in [4.78, 5) is 26.0. The molecule has 0 aliphatic rings. The van der Waals surface area contributed by atoms with Crippen molar-refractivity contribution in [2.24, 2.45) is 0 Å². The highest BCUT2D eigenvalue weighted by atomic mass is 16.5. The summed E-state index contributed by atoms with van der Waals surface area (Å²) in [6.45, 7) is 5.78. The molecule has 0 bridgehead atoms. The van der Waals surface area contributed by atoms with Gasteiger partial charge in [-0.05, 0) is 12.8 Å². The van der Waals surface area contributed by atoms with Gasteiger partial charge >= 0.3 is 5.97 Å². The summed E-state index contributed by atoms with van der Waals surface area (Å²) in [5.74, 6) is -0.482. The molecule has 0 aliphatic carbocycles. The summed E-state index contributed by atoms with van der Waals surface area (Å²) in [7, 11) is 0. The van der Waals surface area contributed by atoms with Gasteiger partial charge < -0.3 is 9.72 Å². The number of pyridine rings is 1. The monoisotopic (exact) mass is 209 g/mol. The lowest BCUT2D eigenvalue weighted by Crippen LogP contribution is -2.21. The largest absolute Gasteiger partial charge is 0.462 e. The van der Waals surface area contributed by atoms with Crippen molar-refractivity contribution in [1.29, 1.82) is 0 Å². The number of nitrogens with one attached hydrogen (secondary N) is 1. The number of esters is 1. The van der Waals surface area contributed by atoms with Gasteiger partial charge in [0, 0.05) is 18.0 Å². The van der Waals surface area contributed by atoms with Crippen LogP contribution < -0.4 is 5.43 Å². The molecule has 4 nitrogen and oxygen atoms in total. The standard InChI is InChI=1S/C11H15NO3/c1-4-15-11(14)9-6-12-5-8(7(2)3)10(9)13/h5-7H,4H2,1-3H3,(H,12,13). The first-order valence-electron chi connectivity index (χ1n) is 4.96. The first-order valence-corrected chi connectivity index (χ1v) is 4.96. The van der Waals surface area contributed by atoms with Crippen LogP contribution in [0.2, 0.25) is 0 Å². The van der Waals surface area contributed by atoms with E-state index in [9.17, 15) is 9.59 Å². The summed E-state index contributed by atoms with van der Waals surface area (Å²) in [6, 6.07) is 0. The van der Waals surface area contributed by atoms with E-state index in [2.05, 4.69) is 4.98 Å². The Morgan fingerprint density at radius 1 is 1.47 bits per heavy atom. The summed E-state index contributed by atoms with van der Waals surface area (Å²) in [5, 5.41) is 0. The lowest BCUT2D eigenvalue weighted by molar-refractivity contribution is 0.0524. The molecule has 1 heterocycles. The van der Waals surface area contributed by atoms with Crippen LogP contribution in [0.1, 0.15) is 42.6 Å². The molecule has 1 rings (SSSR count). The second kappa shape index (κ2) is 4.77. The van der Waals surface area contributed by atoms with Gasteiger partial charge in [-0.2, -0.15) is 0 Å². The van der Waals surface area contributed by atoms with Crippen LogP contribution in [-0.2, 0) is 4.74 Å². The Morgan fingerprint density at radius 2 is 2.13 bits per heavy atom. The normalized spacial score (nSPS) is 10.4. The zero-order valence-electron chi connectivity index (χ0n) is 9.16. The molecule has 0 spiro atoms. The minimum absolute atomic E-state index is 0.0723. The first-order chi connectivity index (χ1) is 7.07. The van der Waals surface area contributed by atoms with E-state index in [4.69, 9.17) is 4.74 Å². The van der Waals surface area contributed by atoms with Crippen molar-refractivity contribution in [1.82, 2.24) is 4.98 Å². The Labute approximate surface area is 88.3 Å². The predicted molar refractivity (Wildman–Crippen MR) is 57.1 cm³/mol. The van der Waals surface area contributed by atoms with Gasteiger partial charge in [0.1, 0.15) is 5.56 Å². The van der Waals surface area contributed by atoms with E-state index in [0.29, 0.717) is 5.56 Å². The lowest BCUT2D eigenvalue weighted by Gasteiger charge is -2.06. The maximum absolute atomic E-state index is 11.8. The molecule has 82 valence electrons. The summed E-state index contributed by atoms with van der Waals surface area (Å²) in [6.07, 6.45) is 3.00. The molecule has 0 aromatic carbocycles. The predicted octanol–water partition coefficient (Wildman–Crippen LogP) is 1.68. The van der Waals surface area contributed by atoms with Gasteiger partial charge in [-0.1, -0.05) is 13.8 Å². The van der Waals surface area contributed by atoms with Crippen LogP contribution >= 0.6 is 0 Å². The highest BCUT2D eigenvalue weighted by Gasteiger charge is 2.15.